The summed E-state index contributed by atoms with van der Waals surface area (Å²) in [6.07, 6.45) is 2.33. The lowest BCUT2D eigenvalue weighted by molar-refractivity contribution is -0.121. The summed E-state index contributed by atoms with van der Waals surface area (Å²) >= 11 is 0. The van der Waals surface area contributed by atoms with Gasteiger partial charge in [0.1, 0.15) is 0 Å². The first-order chi connectivity index (χ1) is 11.2. The highest BCUT2D eigenvalue weighted by molar-refractivity contribution is 5.75. The molecule has 3 N–H and O–H groups in total. The zero-order valence-corrected chi connectivity index (χ0v) is 14.3. The van der Waals surface area contributed by atoms with E-state index >= 15 is 0 Å². The van der Waals surface area contributed by atoms with Crippen molar-refractivity contribution in [3.8, 4) is 0 Å². The molecule has 128 valence electrons. The average molecular weight is 318 g/mol. The SMILES string of the molecule is Cc1cccc(N2CCN(CCCNC(=O)CCCN)CC2)c1. The molecular weight excluding hydrogens is 288 g/mol. The van der Waals surface area contributed by atoms with Crippen LogP contribution in [0.3, 0.4) is 0 Å². The molecule has 0 unspecified atom stereocenters. The Morgan fingerprint density at radius 3 is 2.70 bits per heavy atom. The number of hydrogen-bond acceptors (Lipinski definition) is 4. The number of hydrogen-bond donors (Lipinski definition) is 2. The van der Waals surface area contributed by atoms with Crippen molar-refractivity contribution < 1.29 is 4.79 Å². The molecule has 1 aromatic carbocycles. The van der Waals surface area contributed by atoms with Crippen LogP contribution in [0, 0.1) is 6.92 Å². The van der Waals surface area contributed by atoms with Crippen molar-refractivity contribution in [2.24, 2.45) is 5.73 Å². The Balaban J connectivity index is 1.61. The first-order valence-electron chi connectivity index (χ1n) is 8.70. The number of carbonyl (C=O) groups excluding carboxylic acids is 1. The van der Waals surface area contributed by atoms with E-state index in [1.54, 1.807) is 0 Å². The Bertz CT molecular complexity index is 484. The minimum atomic E-state index is 0.125. The van der Waals surface area contributed by atoms with Gasteiger partial charge in [0.2, 0.25) is 5.91 Å². The van der Waals surface area contributed by atoms with Gasteiger partial charge in [-0.2, -0.15) is 0 Å². The van der Waals surface area contributed by atoms with Crippen molar-refractivity contribution in [2.75, 3.05) is 50.7 Å². The van der Waals surface area contributed by atoms with E-state index in [9.17, 15) is 4.79 Å². The average Bonchev–Trinajstić information content (AvgIpc) is 2.57. The highest BCUT2D eigenvalue weighted by Gasteiger charge is 2.16. The maximum atomic E-state index is 11.5. The molecule has 1 saturated heterocycles. The quantitative estimate of drug-likeness (QED) is 0.711. The van der Waals surface area contributed by atoms with E-state index in [0.29, 0.717) is 13.0 Å². The highest BCUT2D eigenvalue weighted by Crippen LogP contribution is 2.17. The van der Waals surface area contributed by atoms with Crippen LogP contribution in [-0.4, -0.2) is 56.6 Å². The van der Waals surface area contributed by atoms with Crippen LogP contribution >= 0.6 is 0 Å². The number of piperazine rings is 1. The molecule has 1 fully saturated rings. The van der Waals surface area contributed by atoms with Crippen LogP contribution < -0.4 is 16.0 Å². The number of nitrogens with two attached hydrogens (primary N) is 1. The van der Waals surface area contributed by atoms with Crippen molar-refractivity contribution in [1.82, 2.24) is 10.2 Å². The summed E-state index contributed by atoms with van der Waals surface area (Å²) in [5.41, 5.74) is 8.05. The van der Waals surface area contributed by atoms with Gasteiger partial charge in [-0.3, -0.25) is 9.69 Å². The zero-order chi connectivity index (χ0) is 16.5. The van der Waals surface area contributed by atoms with Gasteiger partial charge in [-0.25, -0.2) is 0 Å². The van der Waals surface area contributed by atoms with Crippen molar-refractivity contribution >= 4 is 11.6 Å². The summed E-state index contributed by atoms with van der Waals surface area (Å²) in [6.45, 7) is 8.88. The summed E-state index contributed by atoms with van der Waals surface area (Å²) in [6, 6.07) is 8.72. The molecule has 5 nitrogen and oxygen atoms in total. The van der Waals surface area contributed by atoms with Crippen LogP contribution in [0.15, 0.2) is 24.3 Å². The van der Waals surface area contributed by atoms with Gasteiger partial charge in [0.15, 0.2) is 0 Å². The molecule has 0 bridgehead atoms. The molecule has 1 aliphatic rings. The van der Waals surface area contributed by atoms with E-state index in [2.05, 4.69) is 46.3 Å². The van der Waals surface area contributed by atoms with Crippen LogP contribution in [0.1, 0.15) is 24.8 Å². The summed E-state index contributed by atoms with van der Waals surface area (Å²) in [7, 11) is 0. The highest BCUT2D eigenvalue weighted by atomic mass is 16.1. The topological polar surface area (TPSA) is 61.6 Å². The standard InChI is InChI=1S/C18H30N4O/c1-16-5-2-6-17(15-16)22-13-11-21(12-14-22)10-4-9-20-18(23)7-3-8-19/h2,5-6,15H,3-4,7-14,19H2,1H3,(H,20,23). The second kappa shape index (κ2) is 9.53. The Morgan fingerprint density at radius 1 is 1.22 bits per heavy atom. The number of nitrogens with zero attached hydrogens (tertiary/aromatic N) is 2. The third-order valence-electron chi connectivity index (χ3n) is 4.32. The fraction of sp³-hybridized carbons (Fsp3) is 0.611. The van der Waals surface area contributed by atoms with E-state index in [1.165, 1.54) is 11.3 Å². The maximum Gasteiger partial charge on any atom is 0.220 e. The fourth-order valence-corrected chi connectivity index (χ4v) is 2.94. The van der Waals surface area contributed by atoms with Crippen LogP contribution in [0.2, 0.25) is 0 Å². The monoisotopic (exact) mass is 318 g/mol. The largest absolute Gasteiger partial charge is 0.369 e. The molecular formula is C18H30N4O. The van der Waals surface area contributed by atoms with Crippen molar-refractivity contribution in [3.05, 3.63) is 29.8 Å². The molecule has 5 heteroatoms. The summed E-state index contributed by atoms with van der Waals surface area (Å²) < 4.78 is 0. The Kier molecular flexibility index (Phi) is 7.36. The lowest BCUT2D eigenvalue weighted by atomic mass is 10.2. The van der Waals surface area contributed by atoms with Gasteiger partial charge in [0.05, 0.1) is 0 Å². The van der Waals surface area contributed by atoms with Gasteiger partial charge in [-0.1, -0.05) is 12.1 Å². The minimum Gasteiger partial charge on any atom is -0.369 e. The first kappa shape index (κ1) is 17.8. The molecule has 2 rings (SSSR count). The Labute approximate surface area is 139 Å². The molecule has 0 atom stereocenters. The zero-order valence-electron chi connectivity index (χ0n) is 14.3. The molecule has 0 radical (unpaired) electrons. The van der Waals surface area contributed by atoms with E-state index in [0.717, 1.165) is 52.1 Å². The van der Waals surface area contributed by atoms with Crippen LogP contribution in [0.5, 0.6) is 0 Å². The molecule has 1 amide bonds. The smallest absolute Gasteiger partial charge is 0.220 e. The molecule has 1 aliphatic heterocycles. The van der Waals surface area contributed by atoms with E-state index in [-0.39, 0.29) is 5.91 Å². The van der Waals surface area contributed by atoms with Gasteiger partial charge in [0.25, 0.3) is 0 Å². The predicted octanol–water partition coefficient (Wildman–Crippen LogP) is 1.36. The Hall–Kier alpha value is -1.59. The van der Waals surface area contributed by atoms with E-state index < -0.39 is 0 Å². The molecule has 0 aliphatic carbocycles. The van der Waals surface area contributed by atoms with Crippen LogP contribution in [0.4, 0.5) is 5.69 Å². The van der Waals surface area contributed by atoms with Gasteiger partial charge in [-0.05, 0) is 50.6 Å². The van der Waals surface area contributed by atoms with Crippen molar-refractivity contribution in [3.63, 3.8) is 0 Å². The van der Waals surface area contributed by atoms with Crippen molar-refractivity contribution in [1.29, 1.82) is 0 Å². The molecule has 1 heterocycles. The molecule has 23 heavy (non-hydrogen) atoms. The maximum absolute atomic E-state index is 11.5. The molecule has 0 spiro atoms. The number of amides is 1. The van der Waals surface area contributed by atoms with Gasteiger partial charge < -0.3 is 16.0 Å². The number of carbonyl (C=O) groups is 1. The second-order valence-corrected chi connectivity index (χ2v) is 6.26. The number of nitrogens with one attached hydrogen (secondary N) is 1. The van der Waals surface area contributed by atoms with Crippen molar-refractivity contribution in [2.45, 2.75) is 26.2 Å². The third kappa shape index (κ3) is 6.20. The first-order valence-corrected chi connectivity index (χ1v) is 8.70. The summed E-state index contributed by atoms with van der Waals surface area (Å²) in [4.78, 5) is 16.4. The van der Waals surface area contributed by atoms with E-state index in [4.69, 9.17) is 5.73 Å². The summed E-state index contributed by atoms with van der Waals surface area (Å²) in [5.74, 6) is 0.125. The number of aryl methyl sites for hydroxylation is 1. The normalized spacial score (nSPS) is 15.7. The third-order valence-corrected chi connectivity index (χ3v) is 4.32. The Morgan fingerprint density at radius 2 is 2.00 bits per heavy atom. The summed E-state index contributed by atoms with van der Waals surface area (Å²) in [5, 5.41) is 2.97. The number of benzene rings is 1. The molecule has 1 aromatic rings. The van der Waals surface area contributed by atoms with Gasteiger partial charge in [0, 0.05) is 44.8 Å². The fourth-order valence-electron chi connectivity index (χ4n) is 2.94. The number of anilines is 1. The minimum absolute atomic E-state index is 0.125. The lowest BCUT2D eigenvalue weighted by Gasteiger charge is -2.36. The lowest BCUT2D eigenvalue weighted by Crippen LogP contribution is -2.47. The number of rotatable bonds is 8. The second-order valence-electron chi connectivity index (χ2n) is 6.26. The molecule has 0 saturated carbocycles. The molecule has 0 aromatic heterocycles. The van der Waals surface area contributed by atoms with Crippen LogP contribution in [-0.2, 0) is 4.79 Å². The predicted molar refractivity (Wildman–Crippen MR) is 95.7 cm³/mol. The van der Waals surface area contributed by atoms with Gasteiger partial charge in [-0.15, -0.1) is 0 Å². The van der Waals surface area contributed by atoms with Crippen LogP contribution in [0.25, 0.3) is 0 Å². The van der Waals surface area contributed by atoms with Gasteiger partial charge >= 0.3 is 0 Å². The van der Waals surface area contributed by atoms with E-state index in [1.807, 2.05) is 0 Å².